The minimum atomic E-state index is -0.425. The lowest BCUT2D eigenvalue weighted by atomic mass is 10.1. The van der Waals surface area contributed by atoms with Crippen LogP contribution in [0.3, 0.4) is 0 Å². The third kappa shape index (κ3) is 2.65. The Balaban J connectivity index is 2.29. The van der Waals surface area contributed by atoms with E-state index >= 15 is 0 Å². The van der Waals surface area contributed by atoms with Crippen molar-refractivity contribution in [3.05, 3.63) is 47.3 Å². The van der Waals surface area contributed by atoms with Gasteiger partial charge in [0.1, 0.15) is 0 Å². The van der Waals surface area contributed by atoms with Crippen molar-refractivity contribution in [1.29, 1.82) is 0 Å². The minimum absolute atomic E-state index is 0.0249. The molecule has 1 unspecified atom stereocenters. The molecular formula is C14H17N3O2. The standard InChI is InChI=1S/C14H17N3O2/c1-4-19-14(18)13-11(3)17(16-15-13)10(2)12-8-6-5-7-9-12/h5-10H,4H2,1-3H3. The van der Waals surface area contributed by atoms with Crippen molar-refractivity contribution >= 4 is 5.97 Å². The number of hydrogen-bond donors (Lipinski definition) is 0. The van der Waals surface area contributed by atoms with Crippen LogP contribution < -0.4 is 0 Å². The topological polar surface area (TPSA) is 57.0 Å². The molecule has 0 spiro atoms. The van der Waals surface area contributed by atoms with Crippen molar-refractivity contribution in [1.82, 2.24) is 15.0 Å². The number of aromatic nitrogens is 3. The Morgan fingerprint density at radius 1 is 1.37 bits per heavy atom. The smallest absolute Gasteiger partial charge is 0.360 e. The van der Waals surface area contributed by atoms with E-state index in [9.17, 15) is 4.79 Å². The quantitative estimate of drug-likeness (QED) is 0.791. The number of benzene rings is 1. The Morgan fingerprint density at radius 3 is 2.68 bits per heavy atom. The fourth-order valence-corrected chi connectivity index (χ4v) is 1.97. The van der Waals surface area contributed by atoms with E-state index in [0.717, 1.165) is 11.3 Å². The zero-order chi connectivity index (χ0) is 13.8. The highest BCUT2D eigenvalue weighted by Crippen LogP contribution is 2.19. The van der Waals surface area contributed by atoms with Gasteiger partial charge >= 0.3 is 5.97 Å². The average Bonchev–Trinajstić information content (AvgIpc) is 2.81. The Kier molecular flexibility index (Phi) is 3.94. The van der Waals surface area contributed by atoms with Crippen LogP contribution in [0.5, 0.6) is 0 Å². The van der Waals surface area contributed by atoms with E-state index in [2.05, 4.69) is 10.3 Å². The Hall–Kier alpha value is -2.17. The van der Waals surface area contributed by atoms with Crippen molar-refractivity contribution in [2.45, 2.75) is 26.8 Å². The molecule has 0 aliphatic carbocycles. The highest BCUT2D eigenvalue weighted by molar-refractivity contribution is 5.88. The predicted octanol–water partition coefficient (Wildman–Crippen LogP) is 2.37. The number of ether oxygens (including phenoxy) is 1. The second-order valence-corrected chi connectivity index (χ2v) is 4.28. The molecule has 5 nitrogen and oxygen atoms in total. The molecule has 0 amide bonds. The maximum atomic E-state index is 11.7. The summed E-state index contributed by atoms with van der Waals surface area (Å²) in [7, 11) is 0. The van der Waals surface area contributed by atoms with Gasteiger partial charge in [-0.1, -0.05) is 35.5 Å². The molecule has 19 heavy (non-hydrogen) atoms. The number of carbonyl (C=O) groups excluding carboxylic acids is 1. The van der Waals surface area contributed by atoms with E-state index in [4.69, 9.17) is 4.74 Å². The fraction of sp³-hybridized carbons (Fsp3) is 0.357. The van der Waals surface area contributed by atoms with Gasteiger partial charge in [-0.25, -0.2) is 9.48 Å². The van der Waals surface area contributed by atoms with Crippen molar-refractivity contribution in [2.75, 3.05) is 6.61 Å². The van der Waals surface area contributed by atoms with Gasteiger partial charge in [-0.15, -0.1) is 5.10 Å². The summed E-state index contributed by atoms with van der Waals surface area (Å²) in [5, 5.41) is 7.98. The summed E-state index contributed by atoms with van der Waals surface area (Å²) in [5.41, 5.74) is 2.12. The molecule has 0 aliphatic rings. The third-order valence-corrected chi connectivity index (χ3v) is 3.05. The van der Waals surface area contributed by atoms with Crippen molar-refractivity contribution in [2.24, 2.45) is 0 Å². The largest absolute Gasteiger partial charge is 0.461 e. The molecule has 100 valence electrons. The Morgan fingerprint density at radius 2 is 2.05 bits per heavy atom. The van der Waals surface area contributed by atoms with Crippen LogP contribution in [-0.2, 0) is 4.74 Å². The van der Waals surface area contributed by atoms with Crippen LogP contribution in [0.25, 0.3) is 0 Å². The van der Waals surface area contributed by atoms with Gasteiger partial charge in [0.2, 0.25) is 0 Å². The monoisotopic (exact) mass is 259 g/mol. The third-order valence-electron chi connectivity index (χ3n) is 3.05. The summed E-state index contributed by atoms with van der Waals surface area (Å²) < 4.78 is 6.69. The minimum Gasteiger partial charge on any atom is -0.461 e. The first-order chi connectivity index (χ1) is 9.15. The van der Waals surface area contributed by atoms with Crippen LogP contribution in [0.2, 0.25) is 0 Å². The van der Waals surface area contributed by atoms with E-state index in [1.165, 1.54) is 0 Å². The maximum absolute atomic E-state index is 11.7. The maximum Gasteiger partial charge on any atom is 0.360 e. The van der Waals surface area contributed by atoms with Crippen LogP contribution in [0.15, 0.2) is 30.3 Å². The van der Waals surface area contributed by atoms with Gasteiger partial charge in [-0.2, -0.15) is 0 Å². The molecule has 1 atom stereocenters. The second kappa shape index (κ2) is 5.65. The van der Waals surface area contributed by atoms with E-state index < -0.39 is 5.97 Å². The van der Waals surface area contributed by atoms with Gasteiger partial charge in [0.15, 0.2) is 5.69 Å². The van der Waals surface area contributed by atoms with Crippen LogP contribution in [-0.4, -0.2) is 27.6 Å². The Bertz CT molecular complexity index is 563. The molecule has 0 N–H and O–H groups in total. The van der Waals surface area contributed by atoms with E-state index in [0.29, 0.717) is 6.61 Å². The normalized spacial score (nSPS) is 12.2. The molecule has 0 radical (unpaired) electrons. The summed E-state index contributed by atoms with van der Waals surface area (Å²) in [4.78, 5) is 11.7. The highest BCUT2D eigenvalue weighted by atomic mass is 16.5. The summed E-state index contributed by atoms with van der Waals surface area (Å²) >= 11 is 0. The van der Waals surface area contributed by atoms with E-state index in [1.807, 2.05) is 44.2 Å². The molecule has 2 aromatic rings. The van der Waals surface area contributed by atoms with Crippen molar-refractivity contribution < 1.29 is 9.53 Å². The lowest BCUT2D eigenvalue weighted by Crippen LogP contribution is -2.12. The first-order valence-electron chi connectivity index (χ1n) is 6.29. The van der Waals surface area contributed by atoms with Gasteiger partial charge in [-0.05, 0) is 26.3 Å². The number of carbonyl (C=O) groups is 1. The van der Waals surface area contributed by atoms with Crippen molar-refractivity contribution in [3.63, 3.8) is 0 Å². The van der Waals surface area contributed by atoms with Crippen LogP contribution >= 0.6 is 0 Å². The fourth-order valence-electron chi connectivity index (χ4n) is 1.97. The first-order valence-corrected chi connectivity index (χ1v) is 6.29. The molecule has 2 rings (SSSR count). The molecule has 1 aromatic carbocycles. The first kappa shape index (κ1) is 13.3. The molecule has 0 bridgehead atoms. The number of nitrogens with zero attached hydrogens (tertiary/aromatic N) is 3. The van der Waals surface area contributed by atoms with Gasteiger partial charge in [0.25, 0.3) is 0 Å². The lowest BCUT2D eigenvalue weighted by Gasteiger charge is -2.13. The summed E-state index contributed by atoms with van der Waals surface area (Å²) in [6.45, 7) is 5.95. The Labute approximate surface area is 112 Å². The molecule has 0 aliphatic heterocycles. The second-order valence-electron chi connectivity index (χ2n) is 4.28. The van der Waals surface area contributed by atoms with Gasteiger partial charge < -0.3 is 4.74 Å². The zero-order valence-corrected chi connectivity index (χ0v) is 11.3. The zero-order valence-electron chi connectivity index (χ0n) is 11.3. The van der Waals surface area contributed by atoms with Crippen LogP contribution in [0.1, 0.15) is 41.6 Å². The lowest BCUT2D eigenvalue weighted by molar-refractivity contribution is 0.0518. The summed E-state index contributed by atoms with van der Waals surface area (Å²) in [5.74, 6) is -0.425. The molecule has 0 saturated carbocycles. The van der Waals surface area contributed by atoms with Gasteiger partial charge in [0, 0.05) is 0 Å². The summed E-state index contributed by atoms with van der Waals surface area (Å²) in [6.07, 6.45) is 0. The van der Waals surface area contributed by atoms with E-state index in [1.54, 1.807) is 11.6 Å². The molecule has 1 aromatic heterocycles. The molecule has 5 heteroatoms. The number of rotatable bonds is 4. The highest BCUT2D eigenvalue weighted by Gasteiger charge is 2.20. The van der Waals surface area contributed by atoms with Gasteiger partial charge in [-0.3, -0.25) is 0 Å². The molecular weight excluding hydrogens is 242 g/mol. The number of hydrogen-bond acceptors (Lipinski definition) is 4. The van der Waals surface area contributed by atoms with E-state index in [-0.39, 0.29) is 11.7 Å². The molecule has 1 heterocycles. The predicted molar refractivity (Wildman–Crippen MR) is 71.0 cm³/mol. The van der Waals surface area contributed by atoms with Gasteiger partial charge in [0.05, 0.1) is 18.3 Å². The van der Waals surface area contributed by atoms with Crippen LogP contribution in [0, 0.1) is 6.92 Å². The number of esters is 1. The molecule has 0 fully saturated rings. The SMILES string of the molecule is CCOC(=O)c1nnn(C(C)c2ccccc2)c1C. The van der Waals surface area contributed by atoms with Crippen molar-refractivity contribution in [3.8, 4) is 0 Å². The summed E-state index contributed by atoms with van der Waals surface area (Å²) in [6, 6.07) is 9.99. The average molecular weight is 259 g/mol. The van der Waals surface area contributed by atoms with Crippen LogP contribution in [0.4, 0.5) is 0 Å². The molecule has 0 saturated heterocycles.